The van der Waals surface area contributed by atoms with E-state index < -0.39 is 0 Å². The second kappa shape index (κ2) is 5.75. The summed E-state index contributed by atoms with van der Waals surface area (Å²) < 4.78 is 0. The molecule has 3 nitrogen and oxygen atoms in total. The van der Waals surface area contributed by atoms with Crippen LogP contribution in [-0.2, 0) is 19.4 Å². The summed E-state index contributed by atoms with van der Waals surface area (Å²) in [4.78, 5) is 0. The predicted molar refractivity (Wildman–Crippen MR) is 55.9 cm³/mol. The van der Waals surface area contributed by atoms with Gasteiger partial charge in [-0.2, -0.15) is 0 Å². The third-order valence-corrected chi connectivity index (χ3v) is 2.34. The third kappa shape index (κ3) is 2.54. The number of hydrogen-bond acceptors (Lipinski definition) is 3. The zero-order valence-corrected chi connectivity index (χ0v) is 8.24. The maximum atomic E-state index is 8.87. The van der Waals surface area contributed by atoms with E-state index >= 15 is 0 Å². The first-order chi connectivity index (χ1) is 6.83. The van der Waals surface area contributed by atoms with Crippen molar-refractivity contribution < 1.29 is 10.2 Å². The minimum absolute atomic E-state index is 0.135. The smallest absolute Gasteiger partial charge is 0.0471 e. The van der Waals surface area contributed by atoms with Crippen LogP contribution in [0.2, 0.25) is 0 Å². The Morgan fingerprint density at radius 1 is 1.00 bits per heavy atom. The SMILES string of the molecule is NCc1c(CCO)cccc1CCO. The second-order valence-electron chi connectivity index (χ2n) is 3.21. The average Bonchev–Trinajstić information content (AvgIpc) is 2.19. The highest BCUT2D eigenvalue weighted by Crippen LogP contribution is 2.15. The van der Waals surface area contributed by atoms with Crippen LogP contribution in [0.25, 0.3) is 0 Å². The molecule has 0 aliphatic heterocycles. The van der Waals surface area contributed by atoms with Crippen LogP contribution in [-0.4, -0.2) is 23.4 Å². The Morgan fingerprint density at radius 2 is 1.50 bits per heavy atom. The maximum Gasteiger partial charge on any atom is 0.0471 e. The van der Waals surface area contributed by atoms with E-state index in [4.69, 9.17) is 15.9 Å². The number of nitrogens with two attached hydrogens (primary N) is 1. The van der Waals surface area contributed by atoms with Crippen molar-refractivity contribution in [1.82, 2.24) is 0 Å². The van der Waals surface area contributed by atoms with Gasteiger partial charge in [-0.05, 0) is 29.5 Å². The Hall–Kier alpha value is -0.900. The Balaban J connectivity index is 2.98. The highest BCUT2D eigenvalue weighted by molar-refractivity contribution is 5.35. The highest BCUT2D eigenvalue weighted by atomic mass is 16.3. The molecule has 0 unspecified atom stereocenters. The molecule has 1 aromatic rings. The topological polar surface area (TPSA) is 66.5 Å². The fourth-order valence-corrected chi connectivity index (χ4v) is 1.66. The molecule has 0 saturated heterocycles. The normalized spacial score (nSPS) is 10.5. The monoisotopic (exact) mass is 195 g/mol. The van der Waals surface area contributed by atoms with Crippen molar-refractivity contribution in [3.05, 3.63) is 34.9 Å². The minimum atomic E-state index is 0.135. The molecule has 4 N–H and O–H groups in total. The molecule has 0 fully saturated rings. The van der Waals surface area contributed by atoms with Gasteiger partial charge < -0.3 is 15.9 Å². The molecule has 1 rings (SSSR count). The van der Waals surface area contributed by atoms with Gasteiger partial charge >= 0.3 is 0 Å². The van der Waals surface area contributed by atoms with Gasteiger partial charge in [0.25, 0.3) is 0 Å². The van der Waals surface area contributed by atoms with Crippen LogP contribution in [0.3, 0.4) is 0 Å². The van der Waals surface area contributed by atoms with E-state index in [1.165, 1.54) is 0 Å². The first kappa shape index (κ1) is 11.2. The molecule has 3 heteroatoms. The van der Waals surface area contributed by atoms with Crippen LogP contribution in [0.5, 0.6) is 0 Å². The van der Waals surface area contributed by atoms with Crippen LogP contribution >= 0.6 is 0 Å². The minimum Gasteiger partial charge on any atom is -0.396 e. The van der Waals surface area contributed by atoms with Crippen LogP contribution in [0.15, 0.2) is 18.2 Å². The molecule has 0 aromatic heterocycles. The number of hydrogen-bond donors (Lipinski definition) is 3. The van der Waals surface area contributed by atoms with E-state index in [0.717, 1.165) is 16.7 Å². The summed E-state index contributed by atoms with van der Waals surface area (Å²) in [5.41, 5.74) is 8.88. The predicted octanol–water partition coefficient (Wildman–Crippen LogP) is 0.215. The van der Waals surface area contributed by atoms with Crippen molar-refractivity contribution in [2.75, 3.05) is 13.2 Å². The molecule has 0 bridgehead atoms. The summed E-state index contributed by atoms with van der Waals surface area (Å²) in [6.07, 6.45) is 1.26. The van der Waals surface area contributed by atoms with Crippen LogP contribution in [0, 0.1) is 0 Å². The molecular formula is C11H17NO2. The van der Waals surface area contributed by atoms with E-state index in [2.05, 4.69) is 0 Å². The van der Waals surface area contributed by atoms with Gasteiger partial charge in [-0.15, -0.1) is 0 Å². The summed E-state index contributed by atoms with van der Waals surface area (Å²) >= 11 is 0. The number of rotatable bonds is 5. The van der Waals surface area contributed by atoms with E-state index in [-0.39, 0.29) is 13.2 Å². The molecule has 0 atom stereocenters. The number of aliphatic hydroxyl groups excluding tert-OH is 2. The zero-order valence-electron chi connectivity index (χ0n) is 8.24. The summed E-state index contributed by atoms with van der Waals surface area (Å²) in [5.74, 6) is 0. The fourth-order valence-electron chi connectivity index (χ4n) is 1.66. The standard InChI is InChI=1S/C11H17NO2/c12-8-11-9(4-6-13)2-1-3-10(11)5-7-14/h1-3,13-14H,4-8,12H2. The van der Waals surface area contributed by atoms with Crippen LogP contribution in [0.1, 0.15) is 16.7 Å². The summed E-state index contributed by atoms with van der Waals surface area (Å²) in [6.45, 7) is 0.733. The van der Waals surface area contributed by atoms with E-state index in [1.54, 1.807) is 0 Å². The largest absolute Gasteiger partial charge is 0.396 e. The van der Waals surface area contributed by atoms with Gasteiger partial charge in [-0.1, -0.05) is 18.2 Å². The lowest BCUT2D eigenvalue weighted by Gasteiger charge is -2.11. The lowest BCUT2D eigenvalue weighted by Crippen LogP contribution is -2.08. The molecule has 0 amide bonds. The van der Waals surface area contributed by atoms with E-state index in [1.807, 2.05) is 18.2 Å². The molecule has 0 radical (unpaired) electrons. The first-order valence-corrected chi connectivity index (χ1v) is 4.85. The molecule has 0 spiro atoms. The summed E-state index contributed by atoms with van der Waals surface area (Å²) in [6, 6.07) is 5.88. The van der Waals surface area contributed by atoms with Crippen molar-refractivity contribution in [2.24, 2.45) is 5.73 Å². The van der Waals surface area contributed by atoms with Crippen LogP contribution in [0.4, 0.5) is 0 Å². The molecule has 0 heterocycles. The molecule has 78 valence electrons. The molecule has 14 heavy (non-hydrogen) atoms. The Morgan fingerprint density at radius 3 is 1.86 bits per heavy atom. The Kier molecular flexibility index (Phi) is 4.59. The zero-order chi connectivity index (χ0) is 10.4. The van der Waals surface area contributed by atoms with Gasteiger partial charge in [-0.3, -0.25) is 0 Å². The van der Waals surface area contributed by atoms with Crippen molar-refractivity contribution in [1.29, 1.82) is 0 Å². The maximum absolute atomic E-state index is 8.87. The molecule has 0 aliphatic rings. The van der Waals surface area contributed by atoms with E-state index in [0.29, 0.717) is 19.4 Å². The lowest BCUT2D eigenvalue weighted by molar-refractivity contribution is 0.297. The van der Waals surface area contributed by atoms with Gasteiger partial charge in [0, 0.05) is 19.8 Å². The van der Waals surface area contributed by atoms with Gasteiger partial charge in [0.15, 0.2) is 0 Å². The van der Waals surface area contributed by atoms with Crippen molar-refractivity contribution in [3.63, 3.8) is 0 Å². The molecule has 0 aliphatic carbocycles. The van der Waals surface area contributed by atoms with Crippen LogP contribution < -0.4 is 5.73 Å². The molecule has 0 saturated carbocycles. The van der Waals surface area contributed by atoms with E-state index in [9.17, 15) is 0 Å². The summed E-state index contributed by atoms with van der Waals surface area (Å²) in [7, 11) is 0. The quantitative estimate of drug-likeness (QED) is 0.629. The van der Waals surface area contributed by atoms with Gasteiger partial charge in [0.2, 0.25) is 0 Å². The van der Waals surface area contributed by atoms with Gasteiger partial charge in [-0.25, -0.2) is 0 Å². The van der Waals surface area contributed by atoms with Crippen molar-refractivity contribution >= 4 is 0 Å². The number of benzene rings is 1. The Labute approximate surface area is 84.2 Å². The first-order valence-electron chi connectivity index (χ1n) is 4.85. The van der Waals surface area contributed by atoms with Crippen molar-refractivity contribution in [3.8, 4) is 0 Å². The number of aliphatic hydroxyl groups is 2. The lowest BCUT2D eigenvalue weighted by atomic mass is 9.97. The average molecular weight is 195 g/mol. The fraction of sp³-hybridized carbons (Fsp3) is 0.455. The summed E-state index contributed by atoms with van der Waals surface area (Å²) in [5, 5.41) is 17.7. The highest BCUT2D eigenvalue weighted by Gasteiger charge is 2.05. The van der Waals surface area contributed by atoms with Gasteiger partial charge in [0.1, 0.15) is 0 Å². The molecular weight excluding hydrogens is 178 g/mol. The van der Waals surface area contributed by atoms with Gasteiger partial charge in [0.05, 0.1) is 0 Å². The van der Waals surface area contributed by atoms with Crippen molar-refractivity contribution in [2.45, 2.75) is 19.4 Å². The second-order valence-corrected chi connectivity index (χ2v) is 3.21. The Bertz CT molecular complexity index is 262. The molecule has 1 aromatic carbocycles. The third-order valence-electron chi connectivity index (χ3n) is 2.34.